The van der Waals surface area contributed by atoms with Gasteiger partial charge in [0.25, 0.3) is 0 Å². The second-order valence-corrected chi connectivity index (χ2v) is 4.40. The van der Waals surface area contributed by atoms with Crippen molar-refractivity contribution in [3.8, 4) is 0 Å². The highest BCUT2D eigenvalue weighted by atomic mass is 15.4. The first-order valence-electron chi connectivity index (χ1n) is 5.75. The van der Waals surface area contributed by atoms with Gasteiger partial charge < -0.3 is 5.73 Å². The fourth-order valence-electron chi connectivity index (χ4n) is 2.24. The molecule has 0 bridgehead atoms. The van der Waals surface area contributed by atoms with Crippen LogP contribution in [0.15, 0.2) is 30.6 Å². The average molecular weight is 229 g/mol. The zero-order valence-corrected chi connectivity index (χ0v) is 9.58. The van der Waals surface area contributed by atoms with Crippen molar-refractivity contribution in [3.63, 3.8) is 0 Å². The predicted molar refractivity (Wildman–Crippen MR) is 65.0 cm³/mol. The summed E-state index contributed by atoms with van der Waals surface area (Å²) < 4.78 is 1.86. The Morgan fingerprint density at radius 2 is 2.06 bits per heavy atom. The Balaban J connectivity index is 1.62. The highest BCUT2D eigenvalue weighted by Crippen LogP contribution is 2.24. The van der Waals surface area contributed by atoms with Crippen LogP contribution < -0.4 is 5.73 Å². The third kappa shape index (κ3) is 2.14. The Morgan fingerprint density at radius 1 is 1.18 bits per heavy atom. The Morgan fingerprint density at radius 3 is 2.88 bits per heavy atom. The molecule has 1 aliphatic heterocycles. The SMILES string of the molecule is Nc1ccc2c(c1)CN(CCn1ccnn1)C2. The van der Waals surface area contributed by atoms with E-state index in [0.717, 1.165) is 31.9 Å². The van der Waals surface area contributed by atoms with Crippen molar-refractivity contribution >= 4 is 5.69 Å². The predicted octanol–water partition coefficient (Wildman–Crippen LogP) is 0.876. The van der Waals surface area contributed by atoms with Crippen LogP contribution >= 0.6 is 0 Å². The van der Waals surface area contributed by atoms with Gasteiger partial charge in [-0.3, -0.25) is 9.58 Å². The maximum atomic E-state index is 5.79. The fourth-order valence-corrected chi connectivity index (χ4v) is 2.24. The van der Waals surface area contributed by atoms with E-state index >= 15 is 0 Å². The van der Waals surface area contributed by atoms with Gasteiger partial charge in [-0.1, -0.05) is 11.3 Å². The van der Waals surface area contributed by atoms with E-state index in [1.54, 1.807) is 6.20 Å². The van der Waals surface area contributed by atoms with E-state index in [2.05, 4.69) is 27.3 Å². The van der Waals surface area contributed by atoms with E-state index in [-0.39, 0.29) is 0 Å². The van der Waals surface area contributed by atoms with Crippen molar-refractivity contribution in [1.82, 2.24) is 19.9 Å². The van der Waals surface area contributed by atoms with Gasteiger partial charge in [0.05, 0.1) is 12.7 Å². The highest BCUT2D eigenvalue weighted by molar-refractivity contribution is 5.46. The number of nitrogens with two attached hydrogens (primary N) is 1. The second kappa shape index (κ2) is 4.18. The fraction of sp³-hybridized carbons (Fsp3) is 0.333. The molecule has 1 aliphatic rings. The summed E-state index contributed by atoms with van der Waals surface area (Å²) in [5, 5.41) is 7.76. The Kier molecular flexibility index (Phi) is 2.53. The molecule has 2 heterocycles. The molecule has 0 unspecified atom stereocenters. The topological polar surface area (TPSA) is 60.0 Å². The molecule has 0 saturated heterocycles. The average Bonchev–Trinajstić information content (AvgIpc) is 2.94. The molecule has 17 heavy (non-hydrogen) atoms. The zero-order valence-electron chi connectivity index (χ0n) is 9.58. The van der Waals surface area contributed by atoms with Crippen LogP contribution in [0.3, 0.4) is 0 Å². The quantitative estimate of drug-likeness (QED) is 0.794. The number of aromatic nitrogens is 3. The van der Waals surface area contributed by atoms with Crippen LogP contribution in [0.1, 0.15) is 11.1 Å². The van der Waals surface area contributed by atoms with Crippen LogP contribution in [0.25, 0.3) is 0 Å². The second-order valence-electron chi connectivity index (χ2n) is 4.40. The van der Waals surface area contributed by atoms with Gasteiger partial charge in [0, 0.05) is 31.5 Å². The molecule has 0 saturated carbocycles. The largest absolute Gasteiger partial charge is 0.399 e. The van der Waals surface area contributed by atoms with E-state index in [1.165, 1.54) is 11.1 Å². The highest BCUT2D eigenvalue weighted by Gasteiger charge is 2.18. The summed E-state index contributed by atoms with van der Waals surface area (Å²) in [7, 11) is 0. The summed E-state index contributed by atoms with van der Waals surface area (Å²) in [6.07, 6.45) is 3.60. The number of nitrogens with zero attached hydrogens (tertiary/aromatic N) is 4. The van der Waals surface area contributed by atoms with Crippen LogP contribution in [0.5, 0.6) is 0 Å². The van der Waals surface area contributed by atoms with Gasteiger partial charge in [0.1, 0.15) is 0 Å². The van der Waals surface area contributed by atoms with Crippen LogP contribution in [0.2, 0.25) is 0 Å². The standard InChI is InChI=1S/C12H15N5/c13-12-2-1-10-8-16(9-11(10)7-12)5-6-17-4-3-14-15-17/h1-4,7H,5-6,8-9,13H2. The Labute approximate surface area is 99.8 Å². The van der Waals surface area contributed by atoms with Gasteiger partial charge in [-0.2, -0.15) is 0 Å². The van der Waals surface area contributed by atoms with Gasteiger partial charge >= 0.3 is 0 Å². The van der Waals surface area contributed by atoms with E-state index in [4.69, 9.17) is 5.73 Å². The van der Waals surface area contributed by atoms with Crippen molar-refractivity contribution in [2.45, 2.75) is 19.6 Å². The molecular weight excluding hydrogens is 214 g/mol. The van der Waals surface area contributed by atoms with Crippen LogP contribution in [-0.2, 0) is 19.6 Å². The molecule has 5 heteroatoms. The summed E-state index contributed by atoms with van der Waals surface area (Å²) in [5.41, 5.74) is 9.37. The molecule has 0 amide bonds. The first-order valence-corrected chi connectivity index (χ1v) is 5.75. The summed E-state index contributed by atoms with van der Waals surface area (Å²) in [6, 6.07) is 6.17. The third-order valence-electron chi connectivity index (χ3n) is 3.14. The number of hydrogen-bond donors (Lipinski definition) is 1. The molecule has 1 aromatic heterocycles. The summed E-state index contributed by atoms with van der Waals surface area (Å²) in [4.78, 5) is 2.39. The zero-order chi connectivity index (χ0) is 11.7. The number of hydrogen-bond acceptors (Lipinski definition) is 4. The molecule has 0 radical (unpaired) electrons. The van der Waals surface area contributed by atoms with Crippen LogP contribution in [0.4, 0.5) is 5.69 Å². The molecule has 1 aromatic carbocycles. The normalized spacial score (nSPS) is 15.1. The van der Waals surface area contributed by atoms with Gasteiger partial charge in [-0.25, -0.2) is 0 Å². The maximum absolute atomic E-state index is 5.79. The minimum atomic E-state index is 0.849. The lowest BCUT2D eigenvalue weighted by Gasteiger charge is -2.13. The summed E-state index contributed by atoms with van der Waals surface area (Å²) >= 11 is 0. The lowest BCUT2D eigenvalue weighted by Crippen LogP contribution is -2.22. The number of benzene rings is 1. The maximum Gasteiger partial charge on any atom is 0.0692 e. The number of anilines is 1. The number of fused-ring (bicyclic) bond motifs is 1. The molecule has 0 atom stereocenters. The first kappa shape index (κ1) is 10.3. The smallest absolute Gasteiger partial charge is 0.0692 e. The Hall–Kier alpha value is -1.88. The summed E-state index contributed by atoms with van der Waals surface area (Å²) in [5.74, 6) is 0. The van der Waals surface area contributed by atoms with Gasteiger partial charge in [0.2, 0.25) is 0 Å². The molecule has 88 valence electrons. The van der Waals surface area contributed by atoms with Crippen molar-refractivity contribution < 1.29 is 0 Å². The first-order chi connectivity index (χ1) is 8.31. The van der Waals surface area contributed by atoms with Gasteiger partial charge in [-0.05, 0) is 23.3 Å². The molecule has 2 N–H and O–H groups in total. The number of nitrogen functional groups attached to an aromatic ring is 1. The van der Waals surface area contributed by atoms with Crippen molar-refractivity contribution in [1.29, 1.82) is 0 Å². The molecule has 0 spiro atoms. The van der Waals surface area contributed by atoms with Gasteiger partial charge in [0.15, 0.2) is 0 Å². The molecule has 5 nitrogen and oxygen atoms in total. The lowest BCUT2D eigenvalue weighted by molar-refractivity contribution is 0.266. The van der Waals surface area contributed by atoms with Crippen LogP contribution in [0, 0.1) is 0 Å². The van der Waals surface area contributed by atoms with Crippen molar-refractivity contribution in [3.05, 3.63) is 41.7 Å². The molecule has 3 rings (SSSR count). The molecule has 2 aromatic rings. The van der Waals surface area contributed by atoms with Gasteiger partial charge in [-0.15, -0.1) is 5.10 Å². The Bertz CT molecular complexity index is 506. The van der Waals surface area contributed by atoms with Crippen molar-refractivity contribution in [2.75, 3.05) is 12.3 Å². The lowest BCUT2D eigenvalue weighted by atomic mass is 10.1. The van der Waals surface area contributed by atoms with E-state index in [9.17, 15) is 0 Å². The monoisotopic (exact) mass is 229 g/mol. The van der Waals surface area contributed by atoms with E-state index in [0.29, 0.717) is 0 Å². The molecule has 0 aliphatic carbocycles. The minimum absolute atomic E-state index is 0.849. The summed E-state index contributed by atoms with van der Waals surface area (Å²) in [6.45, 7) is 3.85. The van der Waals surface area contributed by atoms with Crippen molar-refractivity contribution in [2.24, 2.45) is 0 Å². The number of rotatable bonds is 3. The third-order valence-corrected chi connectivity index (χ3v) is 3.14. The molecule has 0 fully saturated rings. The van der Waals surface area contributed by atoms with E-state index in [1.807, 2.05) is 16.9 Å². The molecular formula is C12H15N5. The van der Waals surface area contributed by atoms with E-state index < -0.39 is 0 Å². The minimum Gasteiger partial charge on any atom is -0.399 e. The van der Waals surface area contributed by atoms with Crippen LogP contribution in [-0.4, -0.2) is 26.4 Å².